The summed E-state index contributed by atoms with van der Waals surface area (Å²) in [6.07, 6.45) is 5.67. The number of rotatable bonds is 2. The fourth-order valence-corrected chi connectivity index (χ4v) is 1.93. The van der Waals surface area contributed by atoms with E-state index < -0.39 is 0 Å². The molecule has 0 N–H and O–H groups in total. The van der Waals surface area contributed by atoms with Gasteiger partial charge >= 0.3 is 0 Å². The monoisotopic (exact) mass is 415 g/mol. The first-order chi connectivity index (χ1) is 8.38. The molecule has 3 nitrogen and oxygen atoms in total. The Morgan fingerprint density at radius 3 is 2.83 bits per heavy atom. The molecule has 0 aliphatic rings. The topological polar surface area (TPSA) is 30.7 Å². The summed E-state index contributed by atoms with van der Waals surface area (Å²) in [5.41, 5.74) is 1.07. The van der Waals surface area contributed by atoms with Gasteiger partial charge in [0.25, 0.3) is 0 Å². The first-order valence-electron chi connectivity index (χ1n) is 5.69. The molecule has 1 radical (unpaired) electrons. The SMILES string of the molecule is CCc1cc2ccccc2c(-n2[c-]ccn2)n1.[Ir]. The molecule has 0 aliphatic carbocycles. The van der Waals surface area contributed by atoms with Gasteiger partial charge in [-0.1, -0.05) is 43.6 Å². The molecular formula is C14H12IrN3-. The van der Waals surface area contributed by atoms with Crippen molar-refractivity contribution < 1.29 is 20.1 Å². The maximum absolute atomic E-state index is 4.63. The third-order valence-electron chi connectivity index (χ3n) is 2.79. The molecular weight excluding hydrogens is 402 g/mol. The minimum absolute atomic E-state index is 0. The standard InChI is InChI=1S/C14H12N3.Ir/c1-2-12-10-11-6-3-4-7-13(11)14(16-12)17-9-5-8-15-17;/h3-8,10H,2H2,1H3;/q-1;. The van der Waals surface area contributed by atoms with Gasteiger partial charge in [0.05, 0.1) is 5.82 Å². The molecule has 3 rings (SSSR count). The Balaban J connectivity index is 0.00000120. The molecule has 0 amide bonds. The predicted octanol–water partition coefficient (Wildman–Crippen LogP) is 2.78. The number of nitrogens with zero attached hydrogens (tertiary/aromatic N) is 3. The average Bonchev–Trinajstić information content (AvgIpc) is 2.91. The summed E-state index contributed by atoms with van der Waals surface area (Å²) in [6.45, 7) is 2.10. The number of benzene rings is 1. The van der Waals surface area contributed by atoms with Gasteiger partial charge in [-0.3, -0.25) is 10.1 Å². The normalized spacial score (nSPS) is 10.3. The van der Waals surface area contributed by atoms with Crippen LogP contribution in [0.3, 0.4) is 0 Å². The first kappa shape index (κ1) is 12.9. The van der Waals surface area contributed by atoms with E-state index >= 15 is 0 Å². The van der Waals surface area contributed by atoms with Gasteiger partial charge in [-0.05, 0) is 23.3 Å². The van der Waals surface area contributed by atoms with E-state index in [9.17, 15) is 0 Å². The van der Waals surface area contributed by atoms with Crippen molar-refractivity contribution >= 4 is 10.8 Å². The summed E-state index contributed by atoms with van der Waals surface area (Å²) >= 11 is 0. The molecule has 93 valence electrons. The average molecular weight is 414 g/mol. The number of pyridine rings is 1. The molecule has 2 aromatic heterocycles. The van der Waals surface area contributed by atoms with Crippen molar-refractivity contribution in [3.63, 3.8) is 0 Å². The zero-order valence-corrected chi connectivity index (χ0v) is 12.3. The number of aryl methyl sites for hydroxylation is 1. The molecule has 4 heteroatoms. The van der Waals surface area contributed by atoms with Crippen LogP contribution >= 0.6 is 0 Å². The van der Waals surface area contributed by atoms with Gasteiger partial charge in [0.2, 0.25) is 0 Å². The molecule has 0 atom stereocenters. The molecule has 1 aromatic carbocycles. The van der Waals surface area contributed by atoms with Crippen LogP contribution in [0.2, 0.25) is 0 Å². The van der Waals surface area contributed by atoms with Gasteiger partial charge in [0, 0.05) is 25.8 Å². The van der Waals surface area contributed by atoms with Crippen LogP contribution < -0.4 is 0 Å². The maximum Gasteiger partial charge on any atom is 0.0601 e. The summed E-state index contributed by atoms with van der Waals surface area (Å²) in [5, 5.41) is 6.50. The van der Waals surface area contributed by atoms with Crippen LogP contribution in [0.5, 0.6) is 0 Å². The molecule has 2 heterocycles. The van der Waals surface area contributed by atoms with E-state index in [0.29, 0.717) is 0 Å². The fourth-order valence-electron chi connectivity index (χ4n) is 1.93. The Labute approximate surface area is 119 Å². The van der Waals surface area contributed by atoms with Gasteiger partial charge in [0.1, 0.15) is 0 Å². The summed E-state index contributed by atoms with van der Waals surface area (Å²) in [6, 6.07) is 12.1. The quantitative estimate of drug-likeness (QED) is 0.604. The van der Waals surface area contributed by atoms with Crippen LogP contribution in [0, 0.1) is 6.20 Å². The van der Waals surface area contributed by atoms with E-state index in [2.05, 4.69) is 41.4 Å². The van der Waals surface area contributed by atoms with E-state index in [1.807, 2.05) is 12.1 Å². The van der Waals surface area contributed by atoms with Crippen molar-refractivity contribution in [3.05, 3.63) is 54.5 Å². The van der Waals surface area contributed by atoms with Crippen LogP contribution in [0.15, 0.2) is 42.6 Å². The molecule has 0 unspecified atom stereocenters. The Kier molecular flexibility index (Phi) is 3.90. The van der Waals surface area contributed by atoms with Gasteiger partial charge in [-0.15, -0.1) is 6.07 Å². The minimum atomic E-state index is 0. The number of aromatic nitrogens is 3. The van der Waals surface area contributed by atoms with Gasteiger partial charge in [-0.25, -0.2) is 0 Å². The van der Waals surface area contributed by atoms with E-state index in [1.165, 1.54) is 5.39 Å². The van der Waals surface area contributed by atoms with Crippen LogP contribution in [-0.2, 0) is 26.5 Å². The largest absolute Gasteiger partial charge is 0.343 e. The maximum atomic E-state index is 4.63. The summed E-state index contributed by atoms with van der Waals surface area (Å²) in [5.74, 6) is 0.852. The van der Waals surface area contributed by atoms with Crippen molar-refractivity contribution in [3.8, 4) is 5.82 Å². The molecule has 3 aromatic rings. The van der Waals surface area contributed by atoms with Gasteiger partial charge < -0.3 is 4.68 Å². The van der Waals surface area contributed by atoms with Crippen molar-refractivity contribution in [1.29, 1.82) is 0 Å². The Bertz CT molecular complexity index is 647. The second kappa shape index (κ2) is 5.42. The number of fused-ring (bicyclic) bond motifs is 1. The first-order valence-corrected chi connectivity index (χ1v) is 5.69. The Morgan fingerprint density at radius 1 is 1.28 bits per heavy atom. The molecule has 0 aliphatic heterocycles. The Hall–Kier alpha value is -1.51. The summed E-state index contributed by atoms with van der Waals surface area (Å²) < 4.78 is 1.70. The molecule has 0 bridgehead atoms. The second-order valence-electron chi connectivity index (χ2n) is 3.88. The van der Waals surface area contributed by atoms with E-state index in [4.69, 9.17) is 0 Å². The Morgan fingerprint density at radius 2 is 2.11 bits per heavy atom. The molecule has 0 spiro atoms. The van der Waals surface area contributed by atoms with E-state index in [-0.39, 0.29) is 20.1 Å². The van der Waals surface area contributed by atoms with E-state index in [1.54, 1.807) is 16.9 Å². The fraction of sp³-hybridized carbons (Fsp3) is 0.143. The molecule has 18 heavy (non-hydrogen) atoms. The van der Waals surface area contributed by atoms with Gasteiger partial charge in [0.15, 0.2) is 0 Å². The zero-order valence-electron chi connectivity index (χ0n) is 9.92. The van der Waals surface area contributed by atoms with Crippen LogP contribution in [0.4, 0.5) is 0 Å². The summed E-state index contributed by atoms with van der Waals surface area (Å²) in [7, 11) is 0. The van der Waals surface area contributed by atoms with Crippen molar-refractivity contribution in [2.24, 2.45) is 0 Å². The van der Waals surface area contributed by atoms with Crippen molar-refractivity contribution in [2.75, 3.05) is 0 Å². The smallest absolute Gasteiger partial charge is 0.0601 e. The number of hydrogen-bond donors (Lipinski definition) is 0. The third kappa shape index (κ3) is 2.22. The molecule has 0 saturated heterocycles. The molecule has 0 fully saturated rings. The number of hydrogen-bond acceptors (Lipinski definition) is 2. The second-order valence-corrected chi connectivity index (χ2v) is 3.88. The minimum Gasteiger partial charge on any atom is -0.343 e. The van der Waals surface area contributed by atoms with Crippen molar-refractivity contribution in [2.45, 2.75) is 13.3 Å². The van der Waals surface area contributed by atoms with E-state index in [0.717, 1.165) is 23.3 Å². The summed E-state index contributed by atoms with van der Waals surface area (Å²) in [4.78, 5) is 4.63. The zero-order chi connectivity index (χ0) is 11.7. The van der Waals surface area contributed by atoms with Crippen LogP contribution in [0.1, 0.15) is 12.6 Å². The van der Waals surface area contributed by atoms with Crippen LogP contribution in [-0.4, -0.2) is 14.8 Å². The third-order valence-corrected chi connectivity index (χ3v) is 2.79. The van der Waals surface area contributed by atoms with Crippen LogP contribution in [0.25, 0.3) is 16.6 Å². The van der Waals surface area contributed by atoms with Gasteiger partial charge in [-0.2, -0.15) is 0 Å². The molecule has 0 saturated carbocycles. The van der Waals surface area contributed by atoms with Crippen molar-refractivity contribution in [1.82, 2.24) is 14.8 Å². The predicted molar refractivity (Wildman–Crippen MR) is 67.1 cm³/mol.